The Morgan fingerprint density at radius 3 is 2.58 bits per heavy atom. The highest BCUT2D eigenvalue weighted by Crippen LogP contribution is 2.37. The van der Waals surface area contributed by atoms with Gasteiger partial charge in [0.25, 0.3) is 0 Å². The van der Waals surface area contributed by atoms with Crippen molar-refractivity contribution in [1.29, 1.82) is 0 Å². The molecular weight excluding hydrogens is 296 g/mol. The first-order valence-electron chi connectivity index (χ1n) is 5.05. The molecule has 0 atom stereocenters. The summed E-state index contributed by atoms with van der Waals surface area (Å²) in [6.45, 7) is 0. The zero-order valence-corrected chi connectivity index (χ0v) is 10.8. The van der Waals surface area contributed by atoms with Crippen LogP contribution in [0.15, 0.2) is 36.4 Å². The molecule has 0 N–H and O–H groups in total. The van der Waals surface area contributed by atoms with Crippen LogP contribution in [0.25, 0.3) is 0 Å². The molecule has 2 aromatic rings. The van der Waals surface area contributed by atoms with Gasteiger partial charge in [-0.25, -0.2) is 0 Å². The van der Waals surface area contributed by atoms with Crippen LogP contribution in [-0.2, 0) is 0 Å². The summed E-state index contributed by atoms with van der Waals surface area (Å²) in [5.74, 6) is -1.11. The minimum Gasteiger partial charge on any atom is -0.448 e. The molecule has 0 unspecified atom stereocenters. The van der Waals surface area contributed by atoms with Gasteiger partial charge in [-0.05, 0) is 24.3 Å². The van der Waals surface area contributed by atoms with Gasteiger partial charge in [-0.3, -0.25) is 10.1 Å². The summed E-state index contributed by atoms with van der Waals surface area (Å²) in [4.78, 5) is 9.95. The van der Waals surface area contributed by atoms with E-state index in [-0.39, 0.29) is 16.5 Å². The number of nitrogens with zero attached hydrogens (tertiary/aromatic N) is 1. The van der Waals surface area contributed by atoms with Gasteiger partial charge in [0.1, 0.15) is 5.75 Å². The molecule has 0 spiro atoms. The Balaban J connectivity index is 2.46. The van der Waals surface area contributed by atoms with E-state index in [1.165, 1.54) is 30.3 Å². The molecule has 0 aliphatic carbocycles. The Hall–Kier alpha value is -1.85. The fourth-order valence-electron chi connectivity index (χ4n) is 1.43. The number of nitro benzene ring substituents is 1. The quantitative estimate of drug-likeness (QED) is 0.602. The van der Waals surface area contributed by atoms with Crippen LogP contribution in [0, 0.1) is 15.9 Å². The third-order valence-corrected chi connectivity index (χ3v) is 2.79. The predicted octanol–water partition coefficient (Wildman–Crippen LogP) is 4.83. The van der Waals surface area contributed by atoms with Crippen LogP contribution < -0.4 is 4.74 Å². The average molecular weight is 302 g/mol. The molecule has 2 rings (SSSR count). The monoisotopic (exact) mass is 301 g/mol. The van der Waals surface area contributed by atoms with E-state index in [1.807, 2.05) is 0 Å². The number of para-hydroxylation sites is 1. The van der Waals surface area contributed by atoms with Gasteiger partial charge in [-0.15, -0.1) is 0 Å². The van der Waals surface area contributed by atoms with E-state index < -0.39 is 16.4 Å². The van der Waals surface area contributed by atoms with Crippen molar-refractivity contribution in [1.82, 2.24) is 0 Å². The fourth-order valence-corrected chi connectivity index (χ4v) is 1.75. The smallest absolute Gasteiger partial charge is 0.346 e. The van der Waals surface area contributed by atoms with Crippen molar-refractivity contribution in [3.8, 4) is 11.5 Å². The van der Waals surface area contributed by atoms with E-state index in [4.69, 9.17) is 27.9 Å². The zero-order valence-electron chi connectivity index (χ0n) is 9.27. The third kappa shape index (κ3) is 2.94. The Kier molecular flexibility index (Phi) is 3.87. The summed E-state index contributed by atoms with van der Waals surface area (Å²) >= 11 is 11.6. The summed E-state index contributed by atoms with van der Waals surface area (Å²) in [5, 5.41) is 11.4. The highest BCUT2D eigenvalue weighted by molar-refractivity contribution is 6.34. The van der Waals surface area contributed by atoms with E-state index in [0.29, 0.717) is 5.02 Å². The van der Waals surface area contributed by atoms with E-state index >= 15 is 0 Å². The van der Waals surface area contributed by atoms with Crippen molar-refractivity contribution in [2.45, 2.75) is 0 Å². The molecule has 4 nitrogen and oxygen atoms in total. The van der Waals surface area contributed by atoms with Crippen LogP contribution in [0.4, 0.5) is 10.1 Å². The molecule has 19 heavy (non-hydrogen) atoms. The number of halogens is 3. The van der Waals surface area contributed by atoms with Crippen molar-refractivity contribution in [2.24, 2.45) is 0 Å². The summed E-state index contributed by atoms with van der Waals surface area (Å²) in [7, 11) is 0. The van der Waals surface area contributed by atoms with Gasteiger partial charge in [-0.1, -0.05) is 29.3 Å². The normalized spacial score (nSPS) is 10.3. The summed E-state index contributed by atoms with van der Waals surface area (Å²) in [5.41, 5.74) is -0.751. The molecule has 0 bridgehead atoms. The van der Waals surface area contributed by atoms with Crippen molar-refractivity contribution in [3.05, 3.63) is 62.4 Å². The van der Waals surface area contributed by atoms with Crippen molar-refractivity contribution < 1.29 is 14.1 Å². The van der Waals surface area contributed by atoms with Crippen molar-refractivity contribution >= 4 is 28.9 Å². The lowest BCUT2D eigenvalue weighted by molar-refractivity contribution is -0.388. The van der Waals surface area contributed by atoms with Gasteiger partial charge in [0.2, 0.25) is 11.6 Å². The lowest BCUT2D eigenvalue weighted by Crippen LogP contribution is -1.96. The topological polar surface area (TPSA) is 52.4 Å². The first-order valence-corrected chi connectivity index (χ1v) is 5.80. The second-order valence-electron chi connectivity index (χ2n) is 3.52. The highest BCUT2D eigenvalue weighted by atomic mass is 35.5. The molecule has 98 valence electrons. The van der Waals surface area contributed by atoms with Crippen molar-refractivity contribution in [2.75, 3.05) is 0 Å². The van der Waals surface area contributed by atoms with Gasteiger partial charge in [0.05, 0.1) is 9.95 Å². The number of hydrogen-bond acceptors (Lipinski definition) is 3. The summed E-state index contributed by atoms with van der Waals surface area (Å²) < 4.78 is 18.7. The molecule has 7 heteroatoms. The number of nitro groups is 1. The van der Waals surface area contributed by atoms with E-state index in [1.54, 1.807) is 0 Å². The van der Waals surface area contributed by atoms with Crippen LogP contribution in [0.3, 0.4) is 0 Å². The standard InChI is InChI=1S/C12H6Cl2FNO3/c13-7-4-5-8(14)11(6-7)19-10-3-1-2-9(15)12(10)16(17)18/h1-6H. The summed E-state index contributed by atoms with van der Waals surface area (Å²) in [6, 6.07) is 7.96. The SMILES string of the molecule is O=[N+]([O-])c1c(F)cccc1Oc1cc(Cl)ccc1Cl. The number of hydrogen-bond donors (Lipinski definition) is 0. The van der Waals surface area contributed by atoms with Crippen LogP contribution >= 0.6 is 23.2 Å². The third-order valence-electron chi connectivity index (χ3n) is 2.25. The minimum atomic E-state index is -0.986. The number of benzene rings is 2. The van der Waals surface area contributed by atoms with Gasteiger partial charge in [-0.2, -0.15) is 4.39 Å². The van der Waals surface area contributed by atoms with Crippen molar-refractivity contribution in [3.63, 3.8) is 0 Å². The first-order chi connectivity index (χ1) is 8.99. The summed E-state index contributed by atoms with van der Waals surface area (Å²) in [6.07, 6.45) is 0. The average Bonchev–Trinajstić information content (AvgIpc) is 2.33. The van der Waals surface area contributed by atoms with Crippen LogP contribution in [-0.4, -0.2) is 4.92 Å². The Labute approximate surface area is 117 Å². The van der Waals surface area contributed by atoms with E-state index in [2.05, 4.69) is 0 Å². The van der Waals surface area contributed by atoms with Gasteiger partial charge in [0, 0.05) is 11.1 Å². The molecule has 0 aliphatic heterocycles. The first kappa shape index (κ1) is 13.6. The fraction of sp³-hybridized carbons (Fsp3) is 0. The van der Waals surface area contributed by atoms with Gasteiger partial charge >= 0.3 is 5.69 Å². The molecule has 0 amide bonds. The molecule has 0 saturated carbocycles. The molecule has 0 aromatic heterocycles. The minimum absolute atomic E-state index is 0.114. The number of rotatable bonds is 3. The molecule has 0 fully saturated rings. The van der Waals surface area contributed by atoms with Gasteiger partial charge < -0.3 is 4.74 Å². The predicted molar refractivity (Wildman–Crippen MR) is 69.6 cm³/mol. The largest absolute Gasteiger partial charge is 0.448 e. The van der Waals surface area contributed by atoms with Crippen LogP contribution in [0.2, 0.25) is 10.0 Å². The Morgan fingerprint density at radius 1 is 1.16 bits per heavy atom. The molecular formula is C12H6Cl2FNO3. The Bertz CT molecular complexity index is 649. The maximum absolute atomic E-state index is 13.4. The lowest BCUT2D eigenvalue weighted by atomic mass is 10.3. The molecule has 2 aromatic carbocycles. The molecule has 0 saturated heterocycles. The van der Waals surface area contributed by atoms with E-state index in [9.17, 15) is 14.5 Å². The van der Waals surface area contributed by atoms with Crippen LogP contribution in [0.1, 0.15) is 0 Å². The molecule has 0 heterocycles. The van der Waals surface area contributed by atoms with Gasteiger partial charge in [0.15, 0.2) is 0 Å². The maximum Gasteiger partial charge on any atom is 0.346 e. The highest BCUT2D eigenvalue weighted by Gasteiger charge is 2.22. The molecule has 0 aliphatic rings. The van der Waals surface area contributed by atoms with Crippen LogP contribution in [0.5, 0.6) is 11.5 Å². The maximum atomic E-state index is 13.4. The lowest BCUT2D eigenvalue weighted by Gasteiger charge is -2.08. The number of ether oxygens (including phenoxy) is 1. The van der Waals surface area contributed by atoms with E-state index in [0.717, 1.165) is 6.07 Å². The Morgan fingerprint density at radius 2 is 1.89 bits per heavy atom. The second-order valence-corrected chi connectivity index (χ2v) is 4.36. The zero-order chi connectivity index (χ0) is 14.0. The second kappa shape index (κ2) is 5.42. The molecule has 0 radical (unpaired) electrons.